The van der Waals surface area contributed by atoms with Crippen LogP contribution >= 0.6 is 0 Å². The lowest BCUT2D eigenvalue weighted by molar-refractivity contribution is 0.00394. The van der Waals surface area contributed by atoms with Crippen molar-refractivity contribution >= 4 is 16.0 Å². The van der Waals surface area contributed by atoms with E-state index in [0.29, 0.717) is 41.0 Å². The fourth-order valence-electron chi connectivity index (χ4n) is 4.27. The lowest BCUT2D eigenvalue weighted by atomic mass is 10.2. The number of hydrogen-bond acceptors (Lipinski definition) is 10. The smallest absolute Gasteiger partial charge is 0.243 e. The molecule has 3 heterocycles. The summed E-state index contributed by atoms with van der Waals surface area (Å²) in [5.74, 6) is 1.32. The number of nitrogens with one attached hydrogen (secondary N) is 1. The summed E-state index contributed by atoms with van der Waals surface area (Å²) < 4.78 is 54.8. The molecule has 206 valence electrons. The predicted octanol–water partition coefficient (Wildman–Crippen LogP) is 3.53. The van der Waals surface area contributed by atoms with Gasteiger partial charge in [-0.1, -0.05) is 6.07 Å². The van der Waals surface area contributed by atoms with E-state index in [2.05, 4.69) is 24.9 Å². The lowest BCUT2D eigenvalue weighted by Crippen LogP contribution is -2.34. The van der Waals surface area contributed by atoms with Crippen molar-refractivity contribution in [1.29, 1.82) is 0 Å². The number of aromatic nitrogens is 5. The zero-order valence-electron chi connectivity index (χ0n) is 22.4. The minimum atomic E-state index is -4.08. The summed E-state index contributed by atoms with van der Waals surface area (Å²) in [5.41, 5.74) is 1.58. The zero-order chi connectivity index (χ0) is 27.4. The maximum Gasteiger partial charge on any atom is 0.243 e. The maximum atomic E-state index is 13.8. The van der Waals surface area contributed by atoms with Crippen molar-refractivity contribution in [1.82, 2.24) is 24.7 Å². The fourth-order valence-corrected chi connectivity index (χ4v) is 5.37. The van der Waals surface area contributed by atoms with Gasteiger partial charge in [-0.25, -0.2) is 8.42 Å². The topological polar surface area (TPSA) is 140 Å². The van der Waals surface area contributed by atoms with Crippen molar-refractivity contribution in [2.75, 3.05) is 25.5 Å². The van der Waals surface area contributed by atoms with Gasteiger partial charge in [-0.2, -0.15) is 0 Å². The molecule has 1 N–H and O–H groups in total. The number of rotatable bonds is 11. The third-order valence-electron chi connectivity index (χ3n) is 6.19. The number of para-hydroxylation sites is 1. The Morgan fingerprint density at radius 2 is 1.79 bits per heavy atom. The molecule has 0 spiro atoms. The van der Waals surface area contributed by atoms with Crippen molar-refractivity contribution in [2.45, 2.75) is 64.1 Å². The van der Waals surface area contributed by atoms with Crippen LogP contribution in [0.5, 0.6) is 11.5 Å². The second kappa shape index (κ2) is 11.6. The average Bonchev–Trinajstić information content (AvgIpc) is 3.56. The molecule has 1 saturated heterocycles. The van der Waals surface area contributed by atoms with Gasteiger partial charge in [-0.3, -0.25) is 19.3 Å². The van der Waals surface area contributed by atoms with Gasteiger partial charge in [0, 0.05) is 12.8 Å². The monoisotopic (exact) mass is 546 g/mol. The Morgan fingerprint density at radius 3 is 2.34 bits per heavy atom. The molecule has 3 atom stereocenters. The molecule has 1 aromatic carbocycles. The first kappa shape index (κ1) is 27.7. The molecule has 38 heavy (non-hydrogen) atoms. The van der Waals surface area contributed by atoms with Gasteiger partial charge in [0.15, 0.2) is 5.82 Å². The highest BCUT2D eigenvalue weighted by atomic mass is 32.2. The average molecular weight is 547 g/mol. The molecule has 3 aromatic rings. The van der Waals surface area contributed by atoms with Crippen LogP contribution in [0.2, 0.25) is 0 Å². The normalized spacial score (nSPS) is 17.4. The van der Waals surface area contributed by atoms with E-state index < -0.39 is 21.4 Å². The third-order valence-corrected chi connectivity index (χ3v) is 7.88. The summed E-state index contributed by atoms with van der Waals surface area (Å²) >= 11 is 0. The number of nitrogens with zero attached hydrogens (tertiary/aromatic N) is 5. The standard InChI is InChI=1S/C25H34N6O6S/c1-15(2)37-23(18-14-26-16(3)13-27-18)17(4)38(32,33)30-25-29-28-24(21-11-8-12-36-21)31(25)22-19(34-5)9-7-10-20(22)35-6/h7,9-10,13-15,17,21,23H,8,11-12H2,1-6H3,(H,29,30)/t17-,21-,23+/m1/s1. The minimum absolute atomic E-state index is 0.0246. The van der Waals surface area contributed by atoms with E-state index in [1.807, 2.05) is 13.8 Å². The first-order valence-corrected chi connectivity index (χ1v) is 13.9. The van der Waals surface area contributed by atoms with E-state index in [4.69, 9.17) is 18.9 Å². The fraction of sp³-hybridized carbons (Fsp3) is 0.520. The highest BCUT2D eigenvalue weighted by molar-refractivity contribution is 7.93. The largest absolute Gasteiger partial charge is 0.494 e. The molecule has 1 aliphatic rings. The molecule has 0 bridgehead atoms. The van der Waals surface area contributed by atoms with E-state index in [1.165, 1.54) is 20.4 Å². The Hall–Kier alpha value is -3.29. The number of ether oxygens (including phenoxy) is 4. The molecule has 12 nitrogen and oxygen atoms in total. The summed E-state index contributed by atoms with van der Waals surface area (Å²) in [5, 5.41) is 7.49. The van der Waals surface area contributed by atoms with Crippen LogP contribution in [-0.2, 0) is 19.5 Å². The van der Waals surface area contributed by atoms with E-state index >= 15 is 0 Å². The Morgan fingerprint density at radius 1 is 1.08 bits per heavy atom. The summed E-state index contributed by atoms with van der Waals surface area (Å²) in [4.78, 5) is 8.65. The van der Waals surface area contributed by atoms with Crippen LogP contribution in [0.3, 0.4) is 0 Å². The van der Waals surface area contributed by atoms with Crippen LogP contribution in [-0.4, -0.2) is 65.3 Å². The predicted molar refractivity (Wildman–Crippen MR) is 140 cm³/mol. The Labute approximate surface area is 222 Å². The second-order valence-corrected chi connectivity index (χ2v) is 11.3. The highest BCUT2D eigenvalue weighted by Crippen LogP contribution is 2.39. The van der Waals surface area contributed by atoms with Crippen LogP contribution < -0.4 is 14.2 Å². The van der Waals surface area contributed by atoms with Gasteiger partial charge in [0.25, 0.3) is 0 Å². The Bertz CT molecular complexity index is 1320. The molecular weight excluding hydrogens is 512 g/mol. The number of hydrogen-bond donors (Lipinski definition) is 1. The van der Waals surface area contributed by atoms with Crippen molar-refractivity contribution in [3.8, 4) is 17.2 Å². The van der Waals surface area contributed by atoms with E-state index in [-0.39, 0.29) is 18.2 Å². The summed E-state index contributed by atoms with van der Waals surface area (Å²) in [7, 11) is -1.04. The zero-order valence-corrected chi connectivity index (χ0v) is 23.2. The first-order valence-electron chi connectivity index (χ1n) is 12.4. The number of sulfonamides is 1. The molecular formula is C25H34N6O6S. The quantitative estimate of drug-likeness (QED) is 0.380. The molecule has 1 aliphatic heterocycles. The summed E-state index contributed by atoms with van der Waals surface area (Å²) in [6, 6.07) is 5.28. The van der Waals surface area contributed by atoms with Crippen molar-refractivity contribution in [3.05, 3.63) is 47.8 Å². The van der Waals surface area contributed by atoms with Crippen LogP contribution in [0, 0.1) is 6.92 Å². The SMILES string of the molecule is COc1cccc(OC)c1-n1c(NS(=O)(=O)[C@H](C)[C@H](OC(C)C)c2cnc(C)cn2)nnc1[C@H]1CCCO1. The Balaban J connectivity index is 1.78. The van der Waals surface area contributed by atoms with Crippen LogP contribution in [0.4, 0.5) is 5.95 Å². The van der Waals surface area contributed by atoms with Crippen LogP contribution in [0.25, 0.3) is 5.69 Å². The third kappa shape index (κ3) is 5.74. The minimum Gasteiger partial charge on any atom is -0.494 e. The van der Waals surface area contributed by atoms with Gasteiger partial charge < -0.3 is 18.9 Å². The van der Waals surface area contributed by atoms with Gasteiger partial charge in [-0.05, 0) is 52.7 Å². The molecule has 2 aromatic heterocycles. The number of aryl methyl sites for hydroxylation is 1. The molecule has 0 amide bonds. The lowest BCUT2D eigenvalue weighted by Gasteiger charge is -2.26. The van der Waals surface area contributed by atoms with E-state index in [9.17, 15) is 8.42 Å². The molecule has 1 fully saturated rings. The van der Waals surface area contributed by atoms with E-state index in [0.717, 1.165) is 12.8 Å². The molecule has 4 rings (SSSR count). The number of anilines is 1. The van der Waals surface area contributed by atoms with Gasteiger partial charge in [-0.15, -0.1) is 10.2 Å². The van der Waals surface area contributed by atoms with Crippen LogP contribution in [0.15, 0.2) is 30.6 Å². The summed E-state index contributed by atoms with van der Waals surface area (Å²) in [6.45, 7) is 7.61. The van der Waals surface area contributed by atoms with Gasteiger partial charge in [0.2, 0.25) is 16.0 Å². The molecule has 13 heteroatoms. The maximum absolute atomic E-state index is 13.8. The number of benzene rings is 1. The second-order valence-electron chi connectivity index (χ2n) is 9.27. The van der Waals surface area contributed by atoms with E-state index in [1.54, 1.807) is 42.8 Å². The molecule has 0 radical (unpaired) electrons. The summed E-state index contributed by atoms with van der Waals surface area (Å²) in [6.07, 6.45) is 3.18. The van der Waals surface area contributed by atoms with Gasteiger partial charge >= 0.3 is 0 Å². The molecule has 0 unspecified atom stereocenters. The highest BCUT2D eigenvalue weighted by Gasteiger charge is 2.36. The Kier molecular flexibility index (Phi) is 8.48. The van der Waals surface area contributed by atoms with Crippen LogP contribution in [0.1, 0.15) is 63.0 Å². The van der Waals surface area contributed by atoms with Crippen molar-refractivity contribution < 1.29 is 27.4 Å². The van der Waals surface area contributed by atoms with Crippen molar-refractivity contribution in [2.24, 2.45) is 0 Å². The van der Waals surface area contributed by atoms with Gasteiger partial charge in [0.1, 0.15) is 34.6 Å². The first-order chi connectivity index (χ1) is 18.2. The number of methoxy groups -OCH3 is 2. The molecule has 0 saturated carbocycles. The van der Waals surface area contributed by atoms with Gasteiger partial charge in [0.05, 0.1) is 37.9 Å². The van der Waals surface area contributed by atoms with Crippen molar-refractivity contribution in [3.63, 3.8) is 0 Å². The molecule has 0 aliphatic carbocycles.